The average molecular weight is 588 g/mol. The third-order valence-corrected chi connectivity index (χ3v) is 7.22. The van der Waals surface area contributed by atoms with Gasteiger partial charge in [0.2, 0.25) is 5.91 Å². The highest BCUT2D eigenvalue weighted by molar-refractivity contribution is 5.73. The van der Waals surface area contributed by atoms with E-state index < -0.39 is 111 Å². The molecule has 0 spiro atoms. The molecule has 8 N–H and O–H groups in total. The van der Waals surface area contributed by atoms with Crippen molar-refractivity contribution in [2.24, 2.45) is 0 Å². The Labute approximate surface area is 230 Å². The molecule has 0 bridgehead atoms. The van der Waals surface area contributed by atoms with E-state index in [1.54, 1.807) is 0 Å². The molecule has 0 radical (unpaired) electrons. The van der Waals surface area contributed by atoms with E-state index >= 15 is 0 Å². The largest absolute Gasteiger partial charge is 0.394 e. The van der Waals surface area contributed by atoms with E-state index in [0.29, 0.717) is 0 Å². The Morgan fingerprint density at radius 3 is 1.77 bits per heavy atom. The second-order valence-electron chi connectivity index (χ2n) is 9.74. The summed E-state index contributed by atoms with van der Waals surface area (Å²) in [6, 6.07) is -1.36. The molecule has 17 heteroatoms. The van der Waals surface area contributed by atoms with Crippen LogP contribution in [0.3, 0.4) is 0 Å². The normalized spacial score (nSPS) is 46.2. The molecule has 0 aromatic heterocycles. The van der Waals surface area contributed by atoms with Crippen molar-refractivity contribution < 1.29 is 78.4 Å². The molecule has 1 amide bonds. The lowest BCUT2D eigenvalue weighted by Crippen LogP contribution is -2.68. The maximum Gasteiger partial charge on any atom is 0.217 e. The number of methoxy groups -OCH3 is 3. The molecule has 3 fully saturated rings. The van der Waals surface area contributed by atoms with Crippen LogP contribution < -0.4 is 5.32 Å². The summed E-state index contributed by atoms with van der Waals surface area (Å²) in [7, 11) is 4.16. The van der Waals surface area contributed by atoms with Gasteiger partial charge in [0.15, 0.2) is 18.9 Å². The molecule has 15 atom stereocenters. The molecule has 0 aromatic carbocycles. The van der Waals surface area contributed by atoms with Crippen molar-refractivity contribution >= 4 is 5.91 Å². The van der Waals surface area contributed by atoms with Crippen LogP contribution in [-0.2, 0) is 42.7 Å². The Kier molecular flexibility index (Phi) is 12.4. The molecule has 3 heterocycles. The van der Waals surface area contributed by atoms with Crippen LogP contribution in [0, 0.1) is 0 Å². The summed E-state index contributed by atoms with van der Waals surface area (Å²) in [6.45, 7) is -0.594. The van der Waals surface area contributed by atoms with Gasteiger partial charge in [0.05, 0.1) is 19.8 Å². The molecule has 0 saturated carbocycles. The molecule has 3 saturated heterocycles. The van der Waals surface area contributed by atoms with Crippen molar-refractivity contribution in [2.45, 2.75) is 99.0 Å². The quantitative estimate of drug-likeness (QED) is 0.112. The molecule has 3 aliphatic rings. The molecule has 3 aliphatic heterocycles. The van der Waals surface area contributed by atoms with Crippen molar-refractivity contribution in [2.75, 3.05) is 41.2 Å². The topological polar surface area (TPSA) is 245 Å². The van der Waals surface area contributed by atoms with Crippen molar-refractivity contribution in [1.29, 1.82) is 0 Å². The van der Waals surface area contributed by atoms with Gasteiger partial charge >= 0.3 is 0 Å². The summed E-state index contributed by atoms with van der Waals surface area (Å²) in [4.78, 5) is 11.8. The van der Waals surface area contributed by atoms with Gasteiger partial charge in [0.1, 0.15) is 73.2 Å². The van der Waals surface area contributed by atoms with Gasteiger partial charge < -0.3 is 79.0 Å². The zero-order valence-corrected chi connectivity index (χ0v) is 22.6. The molecular formula is C23H41NO16. The molecule has 40 heavy (non-hydrogen) atoms. The van der Waals surface area contributed by atoms with Crippen LogP contribution in [0.25, 0.3) is 0 Å². The lowest BCUT2D eigenvalue weighted by Gasteiger charge is -2.47. The number of aliphatic hydroxyl groups is 7. The van der Waals surface area contributed by atoms with Gasteiger partial charge in [-0.15, -0.1) is 0 Å². The monoisotopic (exact) mass is 587 g/mol. The first kappa shape index (κ1) is 33.4. The predicted octanol–water partition coefficient (Wildman–Crippen LogP) is -5.47. The van der Waals surface area contributed by atoms with Crippen molar-refractivity contribution in [3.05, 3.63) is 0 Å². The highest BCUT2D eigenvalue weighted by atomic mass is 16.8. The van der Waals surface area contributed by atoms with Crippen LogP contribution in [0.15, 0.2) is 0 Å². The lowest BCUT2D eigenvalue weighted by molar-refractivity contribution is -0.363. The molecule has 17 nitrogen and oxygen atoms in total. The van der Waals surface area contributed by atoms with Crippen LogP contribution in [0.5, 0.6) is 0 Å². The fourth-order valence-electron chi connectivity index (χ4n) is 5.10. The third-order valence-electron chi connectivity index (χ3n) is 7.22. The third kappa shape index (κ3) is 7.08. The maximum absolute atomic E-state index is 11.8. The second kappa shape index (κ2) is 14.9. The highest BCUT2D eigenvalue weighted by Gasteiger charge is 2.52. The molecular weight excluding hydrogens is 546 g/mol. The van der Waals surface area contributed by atoms with Crippen LogP contribution in [-0.4, -0.2) is 175 Å². The maximum atomic E-state index is 11.8. The van der Waals surface area contributed by atoms with E-state index in [-0.39, 0.29) is 6.61 Å². The summed E-state index contributed by atoms with van der Waals surface area (Å²) in [5.41, 5.74) is 0. The zero-order chi connectivity index (χ0) is 29.7. The first-order valence-electron chi connectivity index (χ1n) is 12.7. The second-order valence-corrected chi connectivity index (χ2v) is 9.74. The number of carbonyl (C=O) groups is 1. The van der Waals surface area contributed by atoms with E-state index in [4.69, 9.17) is 37.9 Å². The van der Waals surface area contributed by atoms with Gasteiger partial charge in [0.25, 0.3) is 0 Å². The fraction of sp³-hybridized carbons (Fsp3) is 0.957. The van der Waals surface area contributed by atoms with Crippen molar-refractivity contribution in [1.82, 2.24) is 5.32 Å². The van der Waals surface area contributed by atoms with Crippen LogP contribution in [0.1, 0.15) is 6.92 Å². The van der Waals surface area contributed by atoms with Gasteiger partial charge in [0, 0.05) is 28.3 Å². The summed E-state index contributed by atoms with van der Waals surface area (Å²) >= 11 is 0. The molecule has 234 valence electrons. The zero-order valence-electron chi connectivity index (χ0n) is 22.6. The van der Waals surface area contributed by atoms with Crippen LogP contribution in [0.2, 0.25) is 0 Å². The minimum Gasteiger partial charge on any atom is -0.394 e. The predicted molar refractivity (Wildman–Crippen MR) is 127 cm³/mol. The summed E-state index contributed by atoms with van der Waals surface area (Å²) in [6.07, 6.45) is -18.7. The standard InChI is InChI=1S/C23H41NO16/c1-8(27)24-12-15(30)13(28)9(5-25)38-22(12)40-18-16(31)14(29)10(6-26)39-23(18)36-7-11-17(33-2)19(34-3)20(35-4)21(32)37-11/h9-23,25-26,28-32H,5-7H2,1-4H3,(H,24,27)/t9-,10-,11-,12-,13-,14-,15-,16+,17-,18+,19+,20-,21?,22+,23+/m1/s1. The van der Waals surface area contributed by atoms with E-state index in [1.807, 2.05) is 0 Å². The first-order chi connectivity index (χ1) is 19.0. The number of ether oxygens (including phenoxy) is 8. The van der Waals surface area contributed by atoms with Gasteiger partial charge in [-0.1, -0.05) is 0 Å². The Balaban J connectivity index is 1.83. The fourth-order valence-corrected chi connectivity index (χ4v) is 5.10. The Hall–Kier alpha value is -1.13. The van der Waals surface area contributed by atoms with E-state index in [2.05, 4.69) is 5.32 Å². The van der Waals surface area contributed by atoms with Crippen LogP contribution in [0.4, 0.5) is 0 Å². The van der Waals surface area contributed by atoms with Gasteiger partial charge in [-0.25, -0.2) is 0 Å². The summed E-state index contributed by atoms with van der Waals surface area (Å²) in [5, 5.41) is 74.3. The minimum absolute atomic E-state index is 0.335. The molecule has 3 rings (SSSR count). The van der Waals surface area contributed by atoms with E-state index in [9.17, 15) is 40.5 Å². The number of aliphatic hydroxyl groups excluding tert-OH is 7. The number of amides is 1. The van der Waals surface area contributed by atoms with Crippen LogP contribution >= 0.6 is 0 Å². The van der Waals surface area contributed by atoms with Crippen molar-refractivity contribution in [3.8, 4) is 0 Å². The van der Waals surface area contributed by atoms with Gasteiger partial charge in [-0.05, 0) is 0 Å². The number of hydrogen-bond donors (Lipinski definition) is 8. The smallest absolute Gasteiger partial charge is 0.217 e. The number of hydrogen-bond acceptors (Lipinski definition) is 16. The summed E-state index contributed by atoms with van der Waals surface area (Å²) < 4.78 is 44.7. The van der Waals surface area contributed by atoms with E-state index in [0.717, 1.165) is 6.92 Å². The Bertz CT molecular complexity index is 794. The summed E-state index contributed by atoms with van der Waals surface area (Å²) in [5.74, 6) is -0.606. The van der Waals surface area contributed by atoms with Gasteiger partial charge in [-0.3, -0.25) is 4.79 Å². The number of rotatable bonds is 11. The first-order valence-corrected chi connectivity index (χ1v) is 12.7. The lowest BCUT2D eigenvalue weighted by atomic mass is 9.95. The van der Waals surface area contributed by atoms with Crippen molar-refractivity contribution in [3.63, 3.8) is 0 Å². The van der Waals surface area contributed by atoms with Gasteiger partial charge in [-0.2, -0.15) is 0 Å². The Morgan fingerprint density at radius 2 is 1.25 bits per heavy atom. The van der Waals surface area contributed by atoms with E-state index in [1.165, 1.54) is 21.3 Å². The number of carbonyl (C=O) groups excluding carboxylic acids is 1. The number of nitrogens with one attached hydrogen (secondary N) is 1. The SMILES string of the molecule is CO[C@H]1[C@H](OC)[C@@H](OC)C(O)O[C@@H]1CO[C@H]1O[C@H](CO)[C@@H](O)[C@H](O)[C@@H]1O[C@@H]1O[C@H](CO)[C@@H](O)[C@H](O)[C@H]1NC(C)=O. The molecule has 1 unspecified atom stereocenters. The molecule has 0 aromatic rings. The highest BCUT2D eigenvalue weighted by Crippen LogP contribution is 2.31. The minimum atomic E-state index is -1.74. The molecule has 0 aliphatic carbocycles. The Morgan fingerprint density at radius 1 is 0.700 bits per heavy atom. The average Bonchev–Trinajstić information content (AvgIpc) is 2.93.